The number of rotatable bonds is 4. The van der Waals surface area contributed by atoms with E-state index >= 15 is 0 Å². The van der Waals surface area contributed by atoms with E-state index in [2.05, 4.69) is 24.1 Å². The molecule has 2 heterocycles. The smallest absolute Gasteiger partial charge is 0.194 e. The van der Waals surface area contributed by atoms with Crippen molar-refractivity contribution < 1.29 is 14.6 Å². The van der Waals surface area contributed by atoms with E-state index in [4.69, 9.17) is 14.5 Å². The minimum absolute atomic E-state index is 0. The van der Waals surface area contributed by atoms with Crippen LogP contribution in [0.5, 0.6) is 0 Å². The van der Waals surface area contributed by atoms with E-state index in [-0.39, 0.29) is 47.7 Å². The fraction of sp³-hybridized carbons (Fsp3) is 0.947. The van der Waals surface area contributed by atoms with Gasteiger partial charge >= 0.3 is 0 Å². The normalized spacial score (nSPS) is 35.9. The highest BCUT2D eigenvalue weighted by Crippen LogP contribution is 2.36. The summed E-state index contributed by atoms with van der Waals surface area (Å²) >= 11 is 0. The largest absolute Gasteiger partial charge is 0.392 e. The number of nitrogens with one attached hydrogen (secondary N) is 1. The third-order valence-corrected chi connectivity index (χ3v) is 5.98. The lowest BCUT2D eigenvalue weighted by atomic mass is 9.73. The number of guanidine groups is 1. The van der Waals surface area contributed by atoms with Gasteiger partial charge in [0.05, 0.1) is 25.4 Å². The van der Waals surface area contributed by atoms with Crippen LogP contribution in [0.4, 0.5) is 0 Å². The van der Waals surface area contributed by atoms with Crippen LogP contribution in [0.25, 0.3) is 0 Å². The molecule has 2 aliphatic heterocycles. The van der Waals surface area contributed by atoms with Gasteiger partial charge in [-0.25, -0.2) is 0 Å². The van der Waals surface area contributed by atoms with Crippen LogP contribution in [-0.4, -0.2) is 73.7 Å². The van der Waals surface area contributed by atoms with Gasteiger partial charge in [-0.2, -0.15) is 0 Å². The van der Waals surface area contributed by atoms with Gasteiger partial charge in [0.25, 0.3) is 0 Å². The van der Waals surface area contributed by atoms with Gasteiger partial charge in [-0.05, 0) is 32.6 Å². The molecule has 4 unspecified atom stereocenters. The summed E-state index contributed by atoms with van der Waals surface area (Å²) in [7, 11) is 0. The third kappa shape index (κ3) is 5.45. The van der Waals surface area contributed by atoms with Crippen molar-refractivity contribution >= 4 is 29.9 Å². The summed E-state index contributed by atoms with van der Waals surface area (Å²) in [5.74, 6) is 0.952. The molecule has 26 heavy (non-hydrogen) atoms. The number of aliphatic imine (C=N–C) groups is 1. The summed E-state index contributed by atoms with van der Waals surface area (Å²) in [5, 5.41) is 13.9. The van der Waals surface area contributed by atoms with Crippen LogP contribution in [0.2, 0.25) is 0 Å². The Morgan fingerprint density at radius 3 is 2.69 bits per heavy atom. The summed E-state index contributed by atoms with van der Waals surface area (Å²) in [5.41, 5.74) is -0.0980. The Labute approximate surface area is 175 Å². The lowest BCUT2D eigenvalue weighted by molar-refractivity contribution is -0.0817. The average molecular weight is 481 g/mol. The van der Waals surface area contributed by atoms with Crippen LogP contribution < -0.4 is 5.32 Å². The summed E-state index contributed by atoms with van der Waals surface area (Å²) in [6, 6.07) is 0. The summed E-state index contributed by atoms with van der Waals surface area (Å²) in [4.78, 5) is 7.22. The Bertz CT molecular complexity index is 459. The number of aliphatic hydroxyl groups excluding tert-OH is 1. The van der Waals surface area contributed by atoms with E-state index in [1.807, 2.05) is 0 Å². The van der Waals surface area contributed by atoms with Gasteiger partial charge in [-0.3, -0.25) is 4.99 Å². The number of morpholine rings is 1. The lowest BCUT2D eigenvalue weighted by Gasteiger charge is -2.39. The molecule has 0 radical (unpaired) electrons. The maximum atomic E-state index is 10.4. The average Bonchev–Trinajstić information content (AvgIpc) is 3.16. The molecule has 0 aromatic heterocycles. The van der Waals surface area contributed by atoms with Gasteiger partial charge in [-0.1, -0.05) is 19.8 Å². The van der Waals surface area contributed by atoms with Crippen molar-refractivity contribution in [2.45, 2.75) is 70.7 Å². The van der Waals surface area contributed by atoms with E-state index in [0.29, 0.717) is 6.54 Å². The highest BCUT2D eigenvalue weighted by atomic mass is 127. The first-order chi connectivity index (χ1) is 12.1. The van der Waals surface area contributed by atoms with Gasteiger partial charge in [0.15, 0.2) is 5.96 Å². The number of hydrogen-bond acceptors (Lipinski definition) is 4. The van der Waals surface area contributed by atoms with Gasteiger partial charge in [0.2, 0.25) is 0 Å². The van der Waals surface area contributed by atoms with Gasteiger partial charge in [-0.15, -0.1) is 24.0 Å². The zero-order valence-electron chi connectivity index (χ0n) is 16.3. The molecule has 0 bridgehead atoms. The summed E-state index contributed by atoms with van der Waals surface area (Å²) in [6.07, 6.45) is 6.63. The highest BCUT2D eigenvalue weighted by Gasteiger charge is 2.36. The Morgan fingerprint density at radius 1 is 1.19 bits per heavy atom. The number of aliphatic hydroxyl groups is 1. The monoisotopic (exact) mass is 481 g/mol. The predicted octanol–water partition coefficient (Wildman–Crippen LogP) is 2.39. The van der Waals surface area contributed by atoms with E-state index < -0.39 is 0 Å². The van der Waals surface area contributed by atoms with Crippen LogP contribution in [0.1, 0.15) is 52.4 Å². The fourth-order valence-corrected chi connectivity index (χ4v) is 4.24. The molecule has 3 fully saturated rings. The Kier molecular flexibility index (Phi) is 8.90. The minimum atomic E-state index is -0.239. The minimum Gasteiger partial charge on any atom is -0.392 e. The SMILES string of the molecule is CCNC(=NCC1(C)CCCCC1O)N1CCOC(C2CCCO2)C1.I. The molecule has 1 aliphatic carbocycles. The summed E-state index contributed by atoms with van der Waals surface area (Å²) in [6.45, 7) is 9.06. The van der Waals surface area contributed by atoms with Crippen molar-refractivity contribution in [3.63, 3.8) is 0 Å². The number of hydrogen-bond donors (Lipinski definition) is 2. The van der Waals surface area contributed by atoms with Crippen molar-refractivity contribution in [3.05, 3.63) is 0 Å². The molecule has 4 atom stereocenters. The van der Waals surface area contributed by atoms with E-state index in [1.165, 1.54) is 6.42 Å². The fourth-order valence-electron chi connectivity index (χ4n) is 4.24. The van der Waals surface area contributed by atoms with Crippen LogP contribution in [-0.2, 0) is 9.47 Å². The molecule has 7 heteroatoms. The highest BCUT2D eigenvalue weighted by molar-refractivity contribution is 14.0. The molecular weight excluding hydrogens is 445 g/mol. The van der Waals surface area contributed by atoms with Crippen LogP contribution in [0.3, 0.4) is 0 Å². The first kappa shape index (κ1) is 22.2. The van der Waals surface area contributed by atoms with Crippen molar-refractivity contribution in [2.75, 3.05) is 39.4 Å². The molecule has 0 aromatic rings. The van der Waals surface area contributed by atoms with Crippen LogP contribution in [0.15, 0.2) is 4.99 Å². The zero-order valence-corrected chi connectivity index (χ0v) is 18.6. The molecule has 3 aliphatic rings. The molecule has 2 saturated heterocycles. The Morgan fingerprint density at radius 2 is 2.00 bits per heavy atom. The van der Waals surface area contributed by atoms with Crippen molar-refractivity contribution in [1.82, 2.24) is 10.2 Å². The third-order valence-electron chi connectivity index (χ3n) is 5.98. The quantitative estimate of drug-likeness (QED) is 0.367. The molecular formula is C19H36IN3O3. The Balaban J connectivity index is 0.00000243. The second-order valence-electron chi connectivity index (χ2n) is 7.99. The second kappa shape index (κ2) is 10.4. The molecule has 0 aromatic carbocycles. The standard InChI is InChI=1S/C19H35N3O3.HI/c1-3-20-18(21-14-19(2)9-5-4-8-17(19)23)22-10-12-25-16(13-22)15-7-6-11-24-15;/h15-17,23H,3-14H2,1-2H3,(H,20,21);1H. The first-order valence-electron chi connectivity index (χ1n) is 10.1. The zero-order chi connectivity index (χ0) is 17.7. The molecule has 2 N–H and O–H groups in total. The second-order valence-corrected chi connectivity index (χ2v) is 7.99. The Hall–Kier alpha value is -0.120. The van der Waals surface area contributed by atoms with Gasteiger partial charge in [0.1, 0.15) is 6.10 Å². The molecule has 152 valence electrons. The summed E-state index contributed by atoms with van der Waals surface area (Å²) < 4.78 is 11.8. The van der Waals surface area contributed by atoms with E-state index in [0.717, 1.165) is 70.9 Å². The topological polar surface area (TPSA) is 66.3 Å². The maximum Gasteiger partial charge on any atom is 0.194 e. The predicted molar refractivity (Wildman–Crippen MR) is 114 cm³/mol. The first-order valence-corrected chi connectivity index (χ1v) is 10.1. The van der Waals surface area contributed by atoms with E-state index in [9.17, 15) is 5.11 Å². The molecule has 3 rings (SSSR count). The van der Waals surface area contributed by atoms with Crippen molar-refractivity contribution in [3.8, 4) is 0 Å². The maximum absolute atomic E-state index is 10.4. The van der Waals surface area contributed by atoms with Crippen LogP contribution >= 0.6 is 24.0 Å². The molecule has 0 spiro atoms. The van der Waals surface area contributed by atoms with Gasteiger partial charge < -0.3 is 24.8 Å². The molecule has 6 nitrogen and oxygen atoms in total. The van der Waals surface area contributed by atoms with Crippen molar-refractivity contribution in [1.29, 1.82) is 0 Å². The number of halogens is 1. The lowest BCUT2D eigenvalue weighted by Crippen LogP contribution is -2.53. The van der Waals surface area contributed by atoms with Crippen LogP contribution in [0, 0.1) is 5.41 Å². The molecule has 0 amide bonds. The van der Waals surface area contributed by atoms with E-state index in [1.54, 1.807) is 0 Å². The molecule has 1 saturated carbocycles. The number of ether oxygens (including phenoxy) is 2. The number of nitrogens with zero attached hydrogens (tertiary/aromatic N) is 2. The van der Waals surface area contributed by atoms with Gasteiger partial charge in [0, 0.05) is 31.7 Å². The van der Waals surface area contributed by atoms with Crippen molar-refractivity contribution in [2.24, 2.45) is 10.4 Å².